The summed E-state index contributed by atoms with van der Waals surface area (Å²) in [5, 5.41) is 22.0. The van der Waals surface area contributed by atoms with Crippen molar-refractivity contribution in [2.24, 2.45) is 18.9 Å². The molecule has 1 aliphatic carbocycles. The molecule has 1 fully saturated rings. The van der Waals surface area contributed by atoms with Crippen molar-refractivity contribution in [3.63, 3.8) is 0 Å². The van der Waals surface area contributed by atoms with E-state index in [1.165, 1.54) is 0 Å². The normalized spacial score (nSPS) is 20.8. The Hall–Kier alpha value is -1.83. The quantitative estimate of drug-likeness (QED) is 0.513. The molecule has 7 heteroatoms. The number of fused-ring (bicyclic) bond motifs is 1. The van der Waals surface area contributed by atoms with Gasteiger partial charge in [-0.15, -0.1) is 0 Å². The molecule has 1 heterocycles. The number of hydrogen-bond donors (Lipinski definition) is 3. The Morgan fingerprint density at radius 2 is 1.96 bits per heavy atom. The van der Waals surface area contributed by atoms with E-state index in [2.05, 4.69) is 5.32 Å². The number of methoxy groups -OCH3 is 1. The van der Waals surface area contributed by atoms with E-state index < -0.39 is 6.29 Å². The molecule has 7 nitrogen and oxygen atoms in total. The standard InChI is InChI=1S/C19H29N3O4/c1-21-16-8-7-15(20-9-10-26-2)11-17(16)22(19(21)25)12-13-3-5-14(6-4-13)18(23)24/h7-8,11,13-14,18,20,23-24H,3-6,9-10,12H2,1-2H3. The predicted molar refractivity (Wildman–Crippen MR) is 101 cm³/mol. The van der Waals surface area contributed by atoms with Gasteiger partial charge in [-0.25, -0.2) is 4.79 Å². The van der Waals surface area contributed by atoms with Crippen molar-refractivity contribution >= 4 is 16.7 Å². The Morgan fingerprint density at radius 1 is 1.23 bits per heavy atom. The number of nitrogens with one attached hydrogen (secondary N) is 1. The van der Waals surface area contributed by atoms with E-state index in [1.807, 2.05) is 22.8 Å². The van der Waals surface area contributed by atoms with Crippen LogP contribution in [0.2, 0.25) is 0 Å². The Bertz CT molecular complexity index is 788. The first-order chi connectivity index (χ1) is 12.5. The first-order valence-electron chi connectivity index (χ1n) is 9.29. The number of imidazole rings is 1. The SMILES string of the molecule is COCCNc1ccc2c(c1)n(CC1CCC(C(O)O)CC1)c(=O)n2C. The van der Waals surface area contributed by atoms with E-state index in [0.29, 0.717) is 25.6 Å². The van der Waals surface area contributed by atoms with Crippen LogP contribution in [-0.4, -0.2) is 45.9 Å². The number of aromatic nitrogens is 2. The number of rotatable bonds is 7. The molecule has 0 atom stereocenters. The summed E-state index contributed by atoms with van der Waals surface area (Å²) >= 11 is 0. The molecule has 26 heavy (non-hydrogen) atoms. The zero-order valence-electron chi connectivity index (χ0n) is 15.5. The molecule has 1 aromatic carbocycles. The van der Waals surface area contributed by atoms with Gasteiger partial charge in [-0.3, -0.25) is 9.13 Å². The molecule has 0 radical (unpaired) electrons. The van der Waals surface area contributed by atoms with Gasteiger partial charge < -0.3 is 20.3 Å². The highest BCUT2D eigenvalue weighted by atomic mass is 16.5. The van der Waals surface area contributed by atoms with Crippen LogP contribution in [0.3, 0.4) is 0 Å². The fourth-order valence-corrected chi connectivity index (χ4v) is 3.92. The first kappa shape index (κ1) is 18.9. The third-order valence-corrected chi connectivity index (χ3v) is 5.53. The van der Waals surface area contributed by atoms with E-state index in [-0.39, 0.29) is 11.6 Å². The minimum absolute atomic E-state index is 0.00152. The van der Waals surface area contributed by atoms with Crippen molar-refractivity contribution in [1.29, 1.82) is 0 Å². The second-order valence-electron chi connectivity index (χ2n) is 7.27. The van der Waals surface area contributed by atoms with Gasteiger partial charge in [0.2, 0.25) is 0 Å². The number of anilines is 1. The summed E-state index contributed by atoms with van der Waals surface area (Å²) < 4.78 is 8.62. The van der Waals surface area contributed by atoms with Crippen molar-refractivity contribution in [2.45, 2.75) is 38.5 Å². The lowest BCUT2D eigenvalue weighted by molar-refractivity contribution is -0.0961. The molecule has 1 aliphatic rings. The van der Waals surface area contributed by atoms with E-state index in [4.69, 9.17) is 4.74 Å². The number of aliphatic hydroxyl groups is 2. The van der Waals surface area contributed by atoms with Crippen LogP contribution in [0.4, 0.5) is 5.69 Å². The smallest absolute Gasteiger partial charge is 0.328 e. The number of nitrogens with zero attached hydrogens (tertiary/aromatic N) is 2. The number of aliphatic hydroxyl groups excluding tert-OH is 1. The maximum Gasteiger partial charge on any atom is 0.328 e. The fourth-order valence-electron chi connectivity index (χ4n) is 3.92. The molecule has 0 unspecified atom stereocenters. The van der Waals surface area contributed by atoms with Crippen molar-refractivity contribution in [2.75, 3.05) is 25.6 Å². The van der Waals surface area contributed by atoms with Crippen LogP contribution in [0, 0.1) is 11.8 Å². The fraction of sp³-hybridized carbons (Fsp3) is 0.632. The molecule has 144 valence electrons. The molecule has 2 aromatic rings. The van der Waals surface area contributed by atoms with E-state index >= 15 is 0 Å². The zero-order chi connectivity index (χ0) is 18.7. The molecule has 1 saturated carbocycles. The third kappa shape index (κ3) is 3.95. The Labute approximate surface area is 153 Å². The van der Waals surface area contributed by atoms with Crippen molar-refractivity contribution in [3.05, 3.63) is 28.7 Å². The minimum Gasteiger partial charge on any atom is -0.383 e. The molecule has 0 saturated heterocycles. The summed E-state index contributed by atoms with van der Waals surface area (Å²) in [7, 11) is 3.47. The second kappa shape index (κ2) is 8.24. The lowest BCUT2D eigenvalue weighted by atomic mass is 9.81. The largest absolute Gasteiger partial charge is 0.383 e. The molecule has 1 aromatic heterocycles. The summed E-state index contributed by atoms with van der Waals surface area (Å²) in [5.41, 5.74) is 2.83. The maximum atomic E-state index is 12.7. The number of benzene rings is 1. The number of aryl methyl sites for hydroxylation is 1. The highest BCUT2D eigenvalue weighted by Gasteiger charge is 2.26. The van der Waals surface area contributed by atoms with E-state index in [1.54, 1.807) is 18.7 Å². The lowest BCUT2D eigenvalue weighted by Gasteiger charge is -2.29. The van der Waals surface area contributed by atoms with Crippen LogP contribution in [-0.2, 0) is 18.3 Å². The molecule has 3 rings (SSSR count). The van der Waals surface area contributed by atoms with Crippen LogP contribution in [0.15, 0.2) is 23.0 Å². The molecule has 0 aliphatic heterocycles. The topological polar surface area (TPSA) is 88.7 Å². The van der Waals surface area contributed by atoms with Gasteiger partial charge in [0.05, 0.1) is 17.6 Å². The van der Waals surface area contributed by atoms with Gasteiger partial charge in [0.15, 0.2) is 6.29 Å². The van der Waals surface area contributed by atoms with Gasteiger partial charge in [-0.1, -0.05) is 0 Å². The summed E-state index contributed by atoms with van der Waals surface area (Å²) in [6.07, 6.45) is 2.20. The Balaban J connectivity index is 1.79. The summed E-state index contributed by atoms with van der Waals surface area (Å²) in [5.74, 6) is 0.352. The zero-order valence-corrected chi connectivity index (χ0v) is 15.5. The van der Waals surface area contributed by atoms with Crippen molar-refractivity contribution < 1.29 is 14.9 Å². The molecule has 3 N–H and O–H groups in total. The van der Waals surface area contributed by atoms with Gasteiger partial charge in [0.1, 0.15) is 0 Å². The molecule has 0 spiro atoms. The van der Waals surface area contributed by atoms with Crippen molar-refractivity contribution in [3.8, 4) is 0 Å². The van der Waals surface area contributed by atoms with E-state index in [0.717, 1.165) is 42.4 Å². The Morgan fingerprint density at radius 3 is 2.62 bits per heavy atom. The minimum atomic E-state index is -1.23. The van der Waals surface area contributed by atoms with E-state index in [9.17, 15) is 15.0 Å². The summed E-state index contributed by atoms with van der Waals surface area (Å²) in [4.78, 5) is 12.7. The molecule has 0 amide bonds. The van der Waals surface area contributed by atoms with Crippen LogP contribution in [0.1, 0.15) is 25.7 Å². The third-order valence-electron chi connectivity index (χ3n) is 5.53. The van der Waals surface area contributed by atoms with Gasteiger partial charge >= 0.3 is 5.69 Å². The highest BCUT2D eigenvalue weighted by molar-refractivity contribution is 5.80. The van der Waals surface area contributed by atoms with Gasteiger partial charge in [0.25, 0.3) is 0 Å². The first-order valence-corrected chi connectivity index (χ1v) is 9.29. The van der Waals surface area contributed by atoms with Crippen LogP contribution < -0.4 is 11.0 Å². The maximum absolute atomic E-state index is 12.7. The van der Waals surface area contributed by atoms with Crippen LogP contribution in [0.5, 0.6) is 0 Å². The highest BCUT2D eigenvalue weighted by Crippen LogP contribution is 2.31. The molecular weight excluding hydrogens is 334 g/mol. The predicted octanol–water partition coefficient (Wildman–Crippen LogP) is 1.52. The number of ether oxygens (including phenoxy) is 1. The average molecular weight is 363 g/mol. The van der Waals surface area contributed by atoms with Crippen LogP contribution in [0.25, 0.3) is 11.0 Å². The Kier molecular flexibility index (Phi) is 6.01. The second-order valence-corrected chi connectivity index (χ2v) is 7.27. The van der Waals surface area contributed by atoms with Gasteiger partial charge in [-0.05, 0) is 49.8 Å². The summed E-state index contributed by atoms with van der Waals surface area (Å²) in [6.45, 7) is 2.01. The molecular formula is C19H29N3O4. The summed E-state index contributed by atoms with van der Waals surface area (Å²) in [6, 6.07) is 5.98. The monoisotopic (exact) mass is 363 g/mol. The number of hydrogen-bond acceptors (Lipinski definition) is 5. The van der Waals surface area contributed by atoms with Gasteiger partial charge in [-0.2, -0.15) is 0 Å². The van der Waals surface area contributed by atoms with Crippen LogP contribution >= 0.6 is 0 Å². The van der Waals surface area contributed by atoms with Crippen molar-refractivity contribution in [1.82, 2.24) is 9.13 Å². The lowest BCUT2D eigenvalue weighted by Crippen LogP contribution is -2.30. The average Bonchev–Trinajstić information content (AvgIpc) is 2.87. The van der Waals surface area contributed by atoms with Gasteiger partial charge in [0, 0.05) is 38.9 Å². The molecule has 0 bridgehead atoms.